The third kappa shape index (κ3) is 2.38. The highest BCUT2D eigenvalue weighted by molar-refractivity contribution is 5.45. The van der Waals surface area contributed by atoms with Crippen LogP contribution < -0.4 is 20.3 Å². The van der Waals surface area contributed by atoms with E-state index in [0.29, 0.717) is 24.5 Å². The van der Waals surface area contributed by atoms with Gasteiger partial charge in [0.05, 0.1) is 19.9 Å². The van der Waals surface area contributed by atoms with Crippen LogP contribution >= 0.6 is 0 Å². The molecule has 1 aromatic carbocycles. The minimum absolute atomic E-state index is 0.160. The molecule has 116 valence electrons. The number of aromatic nitrogens is 2. The number of benzene rings is 1. The summed E-state index contributed by atoms with van der Waals surface area (Å²) in [6, 6.07) is 3.03. The molecule has 0 saturated carbocycles. The topological polar surface area (TPSA) is 65.4 Å². The van der Waals surface area contributed by atoms with E-state index >= 15 is 0 Å². The molecule has 0 fully saturated rings. The van der Waals surface area contributed by atoms with Crippen molar-refractivity contribution in [2.45, 2.75) is 13.0 Å². The van der Waals surface area contributed by atoms with Gasteiger partial charge in [-0.25, -0.2) is 9.37 Å². The van der Waals surface area contributed by atoms with Gasteiger partial charge in [0.1, 0.15) is 11.6 Å². The number of hydrogen-bond acceptors (Lipinski definition) is 5. The molecule has 0 aliphatic carbocycles. The summed E-state index contributed by atoms with van der Waals surface area (Å²) < 4.78 is 25.7. The van der Waals surface area contributed by atoms with Crippen molar-refractivity contribution in [1.29, 1.82) is 0 Å². The van der Waals surface area contributed by atoms with E-state index < -0.39 is 0 Å². The predicted octanol–water partition coefficient (Wildman–Crippen LogP) is 1.47. The Hall–Kier alpha value is -2.57. The predicted molar refractivity (Wildman–Crippen MR) is 79.0 cm³/mol. The van der Waals surface area contributed by atoms with E-state index in [2.05, 4.69) is 10.3 Å². The first-order valence-corrected chi connectivity index (χ1v) is 6.88. The summed E-state index contributed by atoms with van der Waals surface area (Å²) in [4.78, 5) is 16.1. The van der Waals surface area contributed by atoms with E-state index in [1.54, 1.807) is 13.1 Å². The van der Waals surface area contributed by atoms with E-state index in [4.69, 9.17) is 9.47 Å². The highest BCUT2D eigenvalue weighted by Crippen LogP contribution is 2.30. The van der Waals surface area contributed by atoms with Gasteiger partial charge in [-0.2, -0.15) is 0 Å². The molecular weight excluding hydrogens is 289 g/mol. The van der Waals surface area contributed by atoms with Gasteiger partial charge in [-0.3, -0.25) is 9.36 Å². The van der Waals surface area contributed by atoms with Crippen LogP contribution in [0.2, 0.25) is 0 Å². The van der Waals surface area contributed by atoms with E-state index in [1.165, 1.54) is 23.9 Å². The molecule has 1 aliphatic heterocycles. The molecule has 0 amide bonds. The molecule has 0 atom stereocenters. The second-order valence-corrected chi connectivity index (χ2v) is 4.97. The van der Waals surface area contributed by atoms with Gasteiger partial charge in [-0.05, 0) is 12.1 Å². The lowest BCUT2D eigenvalue weighted by molar-refractivity contribution is 0.356. The minimum atomic E-state index is -0.304. The first kappa shape index (κ1) is 14.4. The summed E-state index contributed by atoms with van der Waals surface area (Å²) in [7, 11) is 2.99. The van der Waals surface area contributed by atoms with Gasteiger partial charge >= 0.3 is 0 Å². The fraction of sp³-hybridized carbons (Fsp3) is 0.333. The Morgan fingerprint density at radius 1 is 1.50 bits per heavy atom. The molecule has 2 aromatic rings. The number of nitrogens with one attached hydrogen (secondary N) is 1. The lowest BCUT2D eigenvalue weighted by Crippen LogP contribution is -2.23. The molecule has 0 spiro atoms. The number of fused-ring (bicyclic) bond motifs is 1. The molecule has 1 aromatic heterocycles. The molecule has 2 heterocycles. The number of ether oxygens (including phenoxy) is 2. The molecule has 1 aliphatic rings. The third-order valence-electron chi connectivity index (χ3n) is 3.72. The van der Waals surface area contributed by atoms with Gasteiger partial charge in [0.15, 0.2) is 0 Å². The maximum atomic E-state index is 14.0. The lowest BCUT2D eigenvalue weighted by Gasteiger charge is -2.13. The smallest absolute Gasteiger partial charge is 0.297 e. The molecule has 22 heavy (non-hydrogen) atoms. The quantitative estimate of drug-likeness (QED) is 0.927. The Balaban J connectivity index is 1.87. The van der Waals surface area contributed by atoms with E-state index in [0.717, 1.165) is 11.3 Å². The average molecular weight is 305 g/mol. The van der Waals surface area contributed by atoms with Gasteiger partial charge in [-0.1, -0.05) is 0 Å². The standard InChI is InChI=1S/C15H16FN3O3/c1-19-14(20)13(21-2)8-18-15(19)17-7-10-9-5-6-22-12(9)4-3-11(10)16/h3-4,8H,5-7H2,1-2H3,(H,17,18). The van der Waals surface area contributed by atoms with E-state index in [-0.39, 0.29) is 23.7 Å². The summed E-state index contributed by atoms with van der Waals surface area (Å²) in [6.07, 6.45) is 2.03. The molecule has 7 heteroatoms. The molecule has 3 rings (SSSR count). The third-order valence-corrected chi connectivity index (χ3v) is 3.72. The van der Waals surface area contributed by atoms with Crippen LogP contribution in [0.1, 0.15) is 11.1 Å². The van der Waals surface area contributed by atoms with Crippen molar-refractivity contribution in [3.05, 3.63) is 45.6 Å². The van der Waals surface area contributed by atoms with Crippen LogP contribution in [0, 0.1) is 5.82 Å². The van der Waals surface area contributed by atoms with Crippen LogP contribution in [0.4, 0.5) is 10.3 Å². The van der Waals surface area contributed by atoms with Crippen LogP contribution in [-0.2, 0) is 20.0 Å². The summed E-state index contributed by atoms with van der Waals surface area (Å²) >= 11 is 0. The highest BCUT2D eigenvalue weighted by atomic mass is 19.1. The van der Waals surface area contributed by atoms with Crippen molar-refractivity contribution in [2.75, 3.05) is 19.0 Å². The Kier molecular flexibility index (Phi) is 3.70. The van der Waals surface area contributed by atoms with Crippen LogP contribution in [0.25, 0.3) is 0 Å². The SMILES string of the molecule is COc1cnc(NCc2c(F)ccc3c2CCO3)n(C)c1=O. The van der Waals surface area contributed by atoms with Gasteiger partial charge in [0.25, 0.3) is 5.56 Å². The maximum Gasteiger partial charge on any atom is 0.297 e. The zero-order valence-corrected chi connectivity index (χ0v) is 12.4. The average Bonchev–Trinajstić information content (AvgIpc) is 2.99. The lowest BCUT2D eigenvalue weighted by atomic mass is 10.0. The number of hydrogen-bond donors (Lipinski definition) is 1. The monoisotopic (exact) mass is 305 g/mol. The first-order chi connectivity index (χ1) is 10.6. The molecule has 1 N–H and O–H groups in total. The Morgan fingerprint density at radius 2 is 2.32 bits per heavy atom. The number of methoxy groups -OCH3 is 1. The number of rotatable bonds is 4. The summed E-state index contributed by atoms with van der Waals surface area (Å²) in [5, 5.41) is 2.99. The van der Waals surface area contributed by atoms with Crippen molar-refractivity contribution in [1.82, 2.24) is 9.55 Å². The Bertz CT molecular complexity index is 773. The first-order valence-electron chi connectivity index (χ1n) is 6.88. The minimum Gasteiger partial charge on any atom is -0.493 e. The number of halogens is 1. The van der Waals surface area contributed by atoms with Gasteiger partial charge < -0.3 is 14.8 Å². The second kappa shape index (κ2) is 5.67. The zero-order valence-electron chi connectivity index (χ0n) is 12.4. The Morgan fingerprint density at radius 3 is 3.09 bits per heavy atom. The second-order valence-electron chi connectivity index (χ2n) is 4.97. The van der Waals surface area contributed by atoms with Crippen LogP contribution in [0.3, 0.4) is 0 Å². The van der Waals surface area contributed by atoms with Crippen LogP contribution in [0.5, 0.6) is 11.5 Å². The molecular formula is C15H16FN3O3. The zero-order chi connectivity index (χ0) is 15.7. The maximum absolute atomic E-state index is 14.0. The van der Waals surface area contributed by atoms with Crippen molar-refractivity contribution in [3.8, 4) is 11.5 Å². The number of anilines is 1. The van der Waals surface area contributed by atoms with Crippen molar-refractivity contribution >= 4 is 5.95 Å². The van der Waals surface area contributed by atoms with Crippen molar-refractivity contribution < 1.29 is 13.9 Å². The van der Waals surface area contributed by atoms with E-state index in [1.807, 2.05) is 0 Å². The fourth-order valence-electron chi connectivity index (χ4n) is 2.50. The molecule has 0 radical (unpaired) electrons. The largest absolute Gasteiger partial charge is 0.493 e. The highest BCUT2D eigenvalue weighted by Gasteiger charge is 2.19. The van der Waals surface area contributed by atoms with Crippen molar-refractivity contribution in [3.63, 3.8) is 0 Å². The molecule has 6 nitrogen and oxygen atoms in total. The van der Waals surface area contributed by atoms with Gasteiger partial charge in [0, 0.05) is 31.1 Å². The summed E-state index contributed by atoms with van der Waals surface area (Å²) in [5.41, 5.74) is 1.10. The normalized spacial score (nSPS) is 12.7. The van der Waals surface area contributed by atoms with Crippen LogP contribution in [-0.4, -0.2) is 23.3 Å². The van der Waals surface area contributed by atoms with Crippen molar-refractivity contribution in [2.24, 2.45) is 7.05 Å². The molecule has 0 unspecified atom stereocenters. The molecule has 0 saturated heterocycles. The van der Waals surface area contributed by atoms with E-state index in [9.17, 15) is 9.18 Å². The Labute approximate surface area is 126 Å². The van der Waals surface area contributed by atoms with Crippen LogP contribution in [0.15, 0.2) is 23.1 Å². The van der Waals surface area contributed by atoms with Gasteiger partial charge in [0.2, 0.25) is 11.7 Å². The van der Waals surface area contributed by atoms with Gasteiger partial charge in [-0.15, -0.1) is 0 Å². The number of nitrogens with zero attached hydrogens (tertiary/aromatic N) is 2. The molecule has 0 bridgehead atoms. The summed E-state index contributed by atoms with van der Waals surface area (Å²) in [5.74, 6) is 0.931. The summed E-state index contributed by atoms with van der Waals surface area (Å²) in [6.45, 7) is 0.788. The fourth-order valence-corrected chi connectivity index (χ4v) is 2.50.